The predicted octanol–water partition coefficient (Wildman–Crippen LogP) is 5.59. The monoisotopic (exact) mass is 384 g/mol. The minimum atomic E-state index is -0.214. The second kappa shape index (κ2) is 7.97. The standard InChI is InChI=1S/C22H25ClN2O2/c1-2-27-22(26)17-8-4-6-10-19(17)25-21-15-7-3-5-9-18(15)24-20-13-14(23)11-12-16(20)21/h11-13,17H,2-10H2,1H3. The van der Waals surface area contributed by atoms with Gasteiger partial charge in [-0.2, -0.15) is 0 Å². The van der Waals surface area contributed by atoms with Crippen molar-refractivity contribution < 1.29 is 9.53 Å². The third-order valence-corrected chi connectivity index (χ3v) is 5.83. The zero-order valence-electron chi connectivity index (χ0n) is 15.8. The Morgan fingerprint density at radius 1 is 1.22 bits per heavy atom. The first-order valence-electron chi connectivity index (χ1n) is 10.0. The number of carbonyl (C=O) groups is 1. The number of aromatic nitrogens is 1. The first kappa shape index (κ1) is 18.4. The largest absolute Gasteiger partial charge is 0.465 e. The number of carbonyl (C=O) groups excluding carboxylic acids is 1. The first-order valence-corrected chi connectivity index (χ1v) is 10.4. The van der Waals surface area contributed by atoms with Crippen LogP contribution in [0.1, 0.15) is 56.7 Å². The fourth-order valence-corrected chi connectivity index (χ4v) is 4.44. The highest BCUT2D eigenvalue weighted by molar-refractivity contribution is 6.31. The van der Waals surface area contributed by atoms with E-state index in [4.69, 9.17) is 26.3 Å². The summed E-state index contributed by atoms with van der Waals surface area (Å²) in [5, 5.41) is 1.71. The van der Waals surface area contributed by atoms with Crippen LogP contribution in [-0.4, -0.2) is 23.3 Å². The van der Waals surface area contributed by atoms with Gasteiger partial charge < -0.3 is 4.74 Å². The van der Waals surface area contributed by atoms with E-state index in [1.54, 1.807) is 0 Å². The third kappa shape index (κ3) is 3.73. The van der Waals surface area contributed by atoms with Crippen molar-refractivity contribution in [3.63, 3.8) is 0 Å². The van der Waals surface area contributed by atoms with E-state index in [0.29, 0.717) is 11.6 Å². The molecule has 0 spiro atoms. The summed E-state index contributed by atoms with van der Waals surface area (Å²) in [7, 11) is 0. The Bertz CT molecular complexity index is 907. The zero-order valence-corrected chi connectivity index (χ0v) is 16.5. The zero-order chi connectivity index (χ0) is 18.8. The molecule has 1 unspecified atom stereocenters. The highest BCUT2D eigenvalue weighted by atomic mass is 35.5. The maximum absolute atomic E-state index is 12.5. The maximum Gasteiger partial charge on any atom is 0.314 e. The van der Waals surface area contributed by atoms with Crippen LogP contribution in [0.4, 0.5) is 5.69 Å². The molecule has 27 heavy (non-hydrogen) atoms. The average Bonchev–Trinajstić information content (AvgIpc) is 2.68. The molecule has 0 amide bonds. The van der Waals surface area contributed by atoms with E-state index in [-0.39, 0.29) is 11.9 Å². The predicted molar refractivity (Wildman–Crippen MR) is 109 cm³/mol. The third-order valence-electron chi connectivity index (χ3n) is 5.60. The molecule has 1 fully saturated rings. The SMILES string of the molecule is CCOC(=O)C1CCCCC1=Nc1c2c(nc3cc(Cl)ccc13)CCCC2. The summed E-state index contributed by atoms with van der Waals surface area (Å²) in [5.74, 6) is -0.348. The number of esters is 1. The number of hydrogen-bond acceptors (Lipinski definition) is 4. The van der Waals surface area contributed by atoms with E-state index in [9.17, 15) is 4.79 Å². The van der Waals surface area contributed by atoms with Gasteiger partial charge in [-0.15, -0.1) is 0 Å². The molecule has 1 atom stereocenters. The van der Waals surface area contributed by atoms with Crippen molar-refractivity contribution in [3.05, 3.63) is 34.5 Å². The number of rotatable bonds is 3. The van der Waals surface area contributed by atoms with Gasteiger partial charge in [-0.3, -0.25) is 14.8 Å². The van der Waals surface area contributed by atoms with Gasteiger partial charge in [0.15, 0.2) is 0 Å². The number of hydrogen-bond donors (Lipinski definition) is 0. The van der Waals surface area contributed by atoms with Crippen molar-refractivity contribution >= 4 is 39.9 Å². The van der Waals surface area contributed by atoms with Crippen LogP contribution in [-0.2, 0) is 22.4 Å². The van der Waals surface area contributed by atoms with E-state index >= 15 is 0 Å². The maximum atomic E-state index is 12.5. The van der Waals surface area contributed by atoms with Crippen LogP contribution in [0, 0.1) is 5.92 Å². The molecule has 2 aliphatic carbocycles. The molecule has 1 heterocycles. The number of ether oxygens (including phenoxy) is 1. The molecule has 0 bridgehead atoms. The molecule has 0 radical (unpaired) electrons. The highest BCUT2D eigenvalue weighted by Crippen LogP contribution is 2.38. The molecule has 0 N–H and O–H groups in total. The molecular weight excluding hydrogens is 360 g/mol. The Morgan fingerprint density at radius 3 is 2.89 bits per heavy atom. The van der Waals surface area contributed by atoms with Crippen LogP contribution in [0.25, 0.3) is 10.9 Å². The van der Waals surface area contributed by atoms with Crippen LogP contribution in [0.5, 0.6) is 0 Å². The van der Waals surface area contributed by atoms with Crippen LogP contribution in [0.3, 0.4) is 0 Å². The Labute approximate surface area is 165 Å². The van der Waals surface area contributed by atoms with E-state index in [1.807, 2.05) is 25.1 Å². The van der Waals surface area contributed by atoms with Gasteiger partial charge in [-0.1, -0.05) is 18.0 Å². The number of aryl methyl sites for hydroxylation is 1. The Hall–Kier alpha value is -1.94. The van der Waals surface area contributed by atoms with Crippen molar-refractivity contribution in [2.75, 3.05) is 6.61 Å². The lowest BCUT2D eigenvalue weighted by Gasteiger charge is -2.24. The van der Waals surface area contributed by atoms with E-state index in [1.165, 1.54) is 5.56 Å². The fraction of sp³-hybridized carbons (Fsp3) is 0.500. The molecule has 1 aromatic carbocycles. The van der Waals surface area contributed by atoms with Crippen molar-refractivity contribution in [2.45, 2.75) is 58.3 Å². The lowest BCUT2D eigenvalue weighted by molar-refractivity contribution is -0.146. The van der Waals surface area contributed by atoms with Crippen molar-refractivity contribution in [1.29, 1.82) is 0 Å². The van der Waals surface area contributed by atoms with Gasteiger partial charge in [0.2, 0.25) is 0 Å². The molecule has 1 aromatic heterocycles. The van der Waals surface area contributed by atoms with Gasteiger partial charge in [0.1, 0.15) is 0 Å². The fourth-order valence-electron chi connectivity index (χ4n) is 4.27. The second-order valence-corrected chi connectivity index (χ2v) is 7.84. The van der Waals surface area contributed by atoms with Gasteiger partial charge >= 0.3 is 5.97 Å². The molecule has 1 saturated carbocycles. The highest BCUT2D eigenvalue weighted by Gasteiger charge is 2.29. The summed E-state index contributed by atoms with van der Waals surface area (Å²) in [6, 6.07) is 5.83. The molecule has 0 aliphatic heterocycles. The van der Waals surface area contributed by atoms with E-state index in [2.05, 4.69) is 0 Å². The minimum Gasteiger partial charge on any atom is -0.465 e. The van der Waals surface area contributed by atoms with Gasteiger partial charge in [0.05, 0.1) is 23.7 Å². The number of pyridine rings is 1. The lowest BCUT2D eigenvalue weighted by atomic mass is 9.86. The van der Waals surface area contributed by atoms with Crippen molar-refractivity contribution in [3.8, 4) is 0 Å². The smallest absolute Gasteiger partial charge is 0.314 e. The number of halogens is 1. The number of fused-ring (bicyclic) bond motifs is 2. The first-order chi connectivity index (χ1) is 13.2. The minimum absolute atomic E-state index is 0.133. The summed E-state index contributed by atoms with van der Waals surface area (Å²) in [6.45, 7) is 2.27. The van der Waals surface area contributed by atoms with Gasteiger partial charge in [-0.05, 0) is 75.6 Å². The Balaban J connectivity index is 1.86. The van der Waals surface area contributed by atoms with Gasteiger partial charge in [0.25, 0.3) is 0 Å². The summed E-state index contributed by atoms with van der Waals surface area (Å²) < 4.78 is 5.32. The molecule has 2 aromatic rings. The molecule has 142 valence electrons. The van der Waals surface area contributed by atoms with Crippen LogP contribution in [0.15, 0.2) is 23.2 Å². The van der Waals surface area contributed by atoms with Gasteiger partial charge in [0, 0.05) is 21.8 Å². The quantitative estimate of drug-likeness (QED) is 0.648. The second-order valence-electron chi connectivity index (χ2n) is 7.41. The normalized spacial score (nSPS) is 21.3. The van der Waals surface area contributed by atoms with Crippen LogP contribution >= 0.6 is 11.6 Å². The average molecular weight is 385 g/mol. The molecule has 4 nitrogen and oxygen atoms in total. The summed E-state index contributed by atoms with van der Waals surface area (Å²) in [4.78, 5) is 22.4. The summed E-state index contributed by atoms with van der Waals surface area (Å²) >= 11 is 6.21. The Morgan fingerprint density at radius 2 is 2.04 bits per heavy atom. The lowest BCUT2D eigenvalue weighted by Crippen LogP contribution is -2.29. The molecular formula is C22H25ClN2O2. The number of aliphatic imine (C=N–C) groups is 1. The van der Waals surface area contributed by atoms with Crippen LogP contribution < -0.4 is 0 Å². The van der Waals surface area contributed by atoms with E-state index in [0.717, 1.165) is 79.4 Å². The van der Waals surface area contributed by atoms with E-state index < -0.39 is 0 Å². The van der Waals surface area contributed by atoms with Crippen molar-refractivity contribution in [1.82, 2.24) is 4.98 Å². The number of benzene rings is 1. The van der Waals surface area contributed by atoms with Crippen LogP contribution in [0.2, 0.25) is 5.02 Å². The molecule has 5 heteroatoms. The summed E-state index contributed by atoms with van der Waals surface area (Å²) in [5.41, 5.74) is 5.24. The molecule has 2 aliphatic rings. The number of nitrogens with zero attached hydrogens (tertiary/aromatic N) is 2. The topological polar surface area (TPSA) is 51.5 Å². The molecule has 0 saturated heterocycles. The van der Waals surface area contributed by atoms with Crippen molar-refractivity contribution in [2.24, 2.45) is 10.9 Å². The molecule has 4 rings (SSSR count). The Kier molecular flexibility index (Phi) is 5.44. The van der Waals surface area contributed by atoms with Gasteiger partial charge in [-0.25, -0.2) is 0 Å². The summed E-state index contributed by atoms with van der Waals surface area (Å²) in [6.07, 6.45) is 8.11.